The quantitative estimate of drug-likeness (QED) is 0.616. The average Bonchev–Trinajstić information content (AvgIpc) is 2.27. The van der Waals surface area contributed by atoms with Gasteiger partial charge in [0.15, 0.2) is 0 Å². The van der Waals surface area contributed by atoms with Crippen LogP contribution in [0, 0.1) is 0 Å². The number of likely N-dealkylation sites (N-methyl/N-ethyl adjacent to an activating group) is 2. The van der Waals surface area contributed by atoms with Gasteiger partial charge in [0, 0.05) is 19.1 Å². The Balaban J connectivity index is 4.14. The molecule has 0 heterocycles. The second-order valence-electron chi connectivity index (χ2n) is 6.09. The van der Waals surface area contributed by atoms with Crippen LogP contribution in [0.25, 0.3) is 0 Å². The van der Waals surface area contributed by atoms with E-state index in [4.69, 9.17) is 0 Å². The monoisotopic (exact) mass is 272 g/mol. The predicted octanol–water partition coefficient (Wildman–Crippen LogP) is 0.972. The Morgan fingerprint density at radius 2 is 1.32 bits per heavy atom. The minimum Gasteiger partial charge on any atom is -0.332 e. The van der Waals surface area contributed by atoms with Crippen molar-refractivity contribution in [2.45, 2.75) is 39.8 Å². The molecule has 114 valence electrons. The first-order valence-electron chi connectivity index (χ1n) is 6.98. The molecule has 5 nitrogen and oxygen atoms in total. The summed E-state index contributed by atoms with van der Waals surface area (Å²) in [5.74, 6) is 0.162. The molecule has 19 heavy (non-hydrogen) atoms. The zero-order valence-electron chi connectivity index (χ0n) is 14.0. The molecule has 0 aromatic carbocycles. The highest BCUT2D eigenvalue weighted by Gasteiger charge is 2.15. The van der Waals surface area contributed by atoms with Crippen LogP contribution in [0.1, 0.15) is 27.7 Å². The lowest BCUT2D eigenvalue weighted by atomic mass is 10.3. The average molecular weight is 272 g/mol. The van der Waals surface area contributed by atoms with Crippen LogP contribution < -0.4 is 0 Å². The van der Waals surface area contributed by atoms with Crippen molar-refractivity contribution >= 4 is 5.91 Å². The summed E-state index contributed by atoms with van der Waals surface area (Å²) in [7, 11) is 7.97. The molecule has 0 radical (unpaired) electrons. The number of hydrogen-bond acceptors (Lipinski definition) is 4. The summed E-state index contributed by atoms with van der Waals surface area (Å²) in [5, 5.41) is 0. The van der Waals surface area contributed by atoms with Gasteiger partial charge in [-0.1, -0.05) is 0 Å². The lowest BCUT2D eigenvalue weighted by Gasteiger charge is -2.31. The Morgan fingerprint density at radius 3 is 1.74 bits per heavy atom. The Morgan fingerprint density at radius 1 is 0.842 bits per heavy atom. The molecule has 1 amide bonds. The zero-order valence-corrected chi connectivity index (χ0v) is 14.0. The largest absolute Gasteiger partial charge is 0.332 e. The maximum atomic E-state index is 12.1. The number of nitrogens with zero attached hydrogens (tertiary/aromatic N) is 4. The van der Waals surface area contributed by atoms with Crippen molar-refractivity contribution in [3.63, 3.8) is 0 Å². The second-order valence-corrected chi connectivity index (χ2v) is 6.09. The van der Waals surface area contributed by atoms with Gasteiger partial charge >= 0.3 is 0 Å². The van der Waals surface area contributed by atoms with Crippen LogP contribution in [-0.2, 0) is 4.79 Å². The number of rotatable bonds is 8. The molecule has 0 fully saturated rings. The van der Waals surface area contributed by atoms with Gasteiger partial charge in [-0.15, -0.1) is 0 Å². The standard InChI is InChI=1S/C14H32N4O/c1-12(2)16(6)9-14(19)18(8)11-15(5)10-17(7)13(3)4/h12-13H,9-11H2,1-8H3. The fourth-order valence-corrected chi connectivity index (χ4v) is 1.55. The minimum absolute atomic E-state index is 0.162. The van der Waals surface area contributed by atoms with Gasteiger partial charge in [-0.25, -0.2) is 0 Å². The summed E-state index contributed by atoms with van der Waals surface area (Å²) < 4.78 is 0. The molecular weight excluding hydrogens is 240 g/mol. The van der Waals surface area contributed by atoms with Gasteiger partial charge in [0.2, 0.25) is 5.91 Å². The van der Waals surface area contributed by atoms with Crippen LogP contribution in [0.5, 0.6) is 0 Å². The van der Waals surface area contributed by atoms with Crippen LogP contribution in [0.15, 0.2) is 0 Å². The van der Waals surface area contributed by atoms with E-state index in [-0.39, 0.29) is 5.91 Å². The predicted molar refractivity (Wildman–Crippen MR) is 80.9 cm³/mol. The molecule has 0 rings (SSSR count). The van der Waals surface area contributed by atoms with Crippen LogP contribution in [0.4, 0.5) is 0 Å². The molecule has 0 unspecified atom stereocenters. The Hall–Kier alpha value is -0.650. The molecule has 0 aliphatic heterocycles. The molecule has 0 atom stereocenters. The molecule has 0 aromatic heterocycles. The fourth-order valence-electron chi connectivity index (χ4n) is 1.55. The molecule has 0 aliphatic rings. The van der Waals surface area contributed by atoms with Gasteiger partial charge in [0.25, 0.3) is 0 Å². The third kappa shape index (κ3) is 7.50. The maximum absolute atomic E-state index is 12.1. The van der Waals surface area contributed by atoms with E-state index in [1.807, 2.05) is 21.1 Å². The number of carbonyl (C=O) groups excluding carboxylic acids is 1. The van der Waals surface area contributed by atoms with Gasteiger partial charge < -0.3 is 4.90 Å². The molecule has 0 aromatic rings. The van der Waals surface area contributed by atoms with Crippen LogP contribution in [0.3, 0.4) is 0 Å². The van der Waals surface area contributed by atoms with Gasteiger partial charge in [-0.3, -0.25) is 19.5 Å². The van der Waals surface area contributed by atoms with Crippen molar-refractivity contribution in [2.24, 2.45) is 0 Å². The SMILES string of the molecule is CC(C)N(C)CC(=O)N(C)CN(C)CN(C)C(C)C. The molecule has 0 N–H and O–H groups in total. The first kappa shape index (κ1) is 18.4. The van der Waals surface area contributed by atoms with E-state index in [0.717, 1.165) is 6.67 Å². The highest BCUT2D eigenvalue weighted by Crippen LogP contribution is 1.99. The van der Waals surface area contributed by atoms with E-state index in [0.29, 0.717) is 25.3 Å². The number of hydrogen-bond donors (Lipinski definition) is 0. The van der Waals surface area contributed by atoms with E-state index in [2.05, 4.69) is 49.4 Å². The molecule has 0 saturated heterocycles. The summed E-state index contributed by atoms with van der Waals surface area (Å²) in [5.41, 5.74) is 0. The van der Waals surface area contributed by atoms with Gasteiger partial charge in [0.05, 0.1) is 19.9 Å². The summed E-state index contributed by atoms with van der Waals surface area (Å²) in [4.78, 5) is 20.3. The van der Waals surface area contributed by atoms with E-state index < -0.39 is 0 Å². The molecule has 5 heteroatoms. The summed E-state index contributed by atoms with van der Waals surface area (Å²) >= 11 is 0. The van der Waals surface area contributed by atoms with Crippen LogP contribution >= 0.6 is 0 Å². The Bertz CT molecular complexity index is 268. The van der Waals surface area contributed by atoms with Crippen molar-refractivity contribution in [3.8, 4) is 0 Å². The smallest absolute Gasteiger partial charge is 0.237 e. The fraction of sp³-hybridized carbons (Fsp3) is 0.929. The first-order chi connectivity index (χ1) is 8.65. The van der Waals surface area contributed by atoms with Gasteiger partial charge in [-0.05, 0) is 48.8 Å². The van der Waals surface area contributed by atoms with E-state index in [1.54, 1.807) is 4.90 Å². The minimum atomic E-state index is 0.162. The second kappa shape index (κ2) is 8.51. The first-order valence-corrected chi connectivity index (χ1v) is 6.98. The lowest BCUT2D eigenvalue weighted by Crippen LogP contribution is -2.46. The van der Waals surface area contributed by atoms with E-state index in [9.17, 15) is 4.79 Å². The zero-order chi connectivity index (χ0) is 15.2. The third-order valence-corrected chi connectivity index (χ3v) is 3.49. The van der Waals surface area contributed by atoms with Crippen molar-refractivity contribution in [2.75, 3.05) is 48.1 Å². The van der Waals surface area contributed by atoms with Crippen molar-refractivity contribution in [1.82, 2.24) is 19.6 Å². The Labute approximate surface area is 119 Å². The van der Waals surface area contributed by atoms with Gasteiger partial charge in [0.1, 0.15) is 0 Å². The molecule has 0 saturated carbocycles. The number of amides is 1. The van der Waals surface area contributed by atoms with E-state index in [1.165, 1.54) is 0 Å². The van der Waals surface area contributed by atoms with Crippen molar-refractivity contribution in [3.05, 3.63) is 0 Å². The summed E-state index contributed by atoms with van der Waals surface area (Å²) in [6.45, 7) is 10.5. The lowest BCUT2D eigenvalue weighted by molar-refractivity contribution is -0.133. The Kier molecular flexibility index (Phi) is 8.22. The molecule has 0 spiro atoms. The maximum Gasteiger partial charge on any atom is 0.237 e. The topological polar surface area (TPSA) is 30.0 Å². The van der Waals surface area contributed by atoms with E-state index >= 15 is 0 Å². The van der Waals surface area contributed by atoms with Crippen molar-refractivity contribution < 1.29 is 4.79 Å². The summed E-state index contributed by atoms with van der Waals surface area (Å²) in [6.07, 6.45) is 0. The van der Waals surface area contributed by atoms with Gasteiger partial charge in [-0.2, -0.15) is 0 Å². The van der Waals surface area contributed by atoms with Crippen molar-refractivity contribution in [1.29, 1.82) is 0 Å². The third-order valence-electron chi connectivity index (χ3n) is 3.49. The molecular formula is C14H32N4O. The molecule has 0 bridgehead atoms. The van der Waals surface area contributed by atoms with Crippen LogP contribution in [-0.4, -0.2) is 85.7 Å². The summed E-state index contributed by atoms with van der Waals surface area (Å²) in [6, 6.07) is 0.901. The highest BCUT2D eigenvalue weighted by molar-refractivity contribution is 5.77. The highest BCUT2D eigenvalue weighted by atomic mass is 16.2. The van der Waals surface area contributed by atoms with Crippen LogP contribution in [0.2, 0.25) is 0 Å². The number of carbonyl (C=O) groups is 1. The molecule has 0 aliphatic carbocycles. The normalized spacial score (nSPS) is 12.3.